The maximum Gasteiger partial charge on any atom is -1.00 e. The number of rotatable bonds is 5. The summed E-state index contributed by atoms with van der Waals surface area (Å²) in [7, 11) is 0. The maximum atomic E-state index is 12.7. The van der Waals surface area contributed by atoms with Gasteiger partial charge in [0.15, 0.2) is 0 Å². The minimum absolute atomic E-state index is 0. The van der Waals surface area contributed by atoms with Crippen molar-refractivity contribution >= 4 is 24.8 Å². The molecule has 0 spiro atoms. The van der Waals surface area contributed by atoms with Crippen molar-refractivity contribution in [3.8, 4) is 22.3 Å². The fourth-order valence-electron chi connectivity index (χ4n) is 8.80. The Morgan fingerprint density at radius 1 is 0.567 bits per heavy atom. The molecule has 0 N–H and O–H groups in total. The van der Waals surface area contributed by atoms with Crippen molar-refractivity contribution in [3.63, 3.8) is 0 Å². The SMILES string of the molecule is CC(C)C1[C-]=CC(C(C)(C)C)=C1.Cc1cc(C)c(-c2ccc3c(c2)[cH-]c2cc(-c4c(C)cc(C)cc4C)ccc23)c(C)c1.FC(F)(F)c1cccc([C](=[Zr+2])c2cccc(C(F)(F)F)c2)c1.[Cl-].[Cl-]. The Kier molecular flexibility index (Phi) is 18.0. The van der Waals surface area contributed by atoms with Crippen LogP contribution < -0.4 is 24.8 Å². The first-order chi connectivity index (χ1) is 30.3. The van der Waals surface area contributed by atoms with Crippen molar-refractivity contribution in [2.45, 2.75) is 88.5 Å². The van der Waals surface area contributed by atoms with Crippen molar-refractivity contribution in [3.05, 3.63) is 195 Å². The smallest absolute Gasteiger partial charge is 1.00 e. The molecule has 0 aromatic heterocycles. The molecule has 0 heterocycles. The summed E-state index contributed by atoms with van der Waals surface area (Å²) < 4.78 is 76.7. The van der Waals surface area contributed by atoms with Crippen LogP contribution in [0, 0.1) is 64.9 Å². The van der Waals surface area contributed by atoms with Crippen LogP contribution >= 0.6 is 0 Å². The second-order valence-corrected chi connectivity index (χ2v) is 20.0. The van der Waals surface area contributed by atoms with Gasteiger partial charge in [-0.15, -0.1) is 39.7 Å². The second kappa shape index (κ2) is 21.9. The predicted octanol–water partition coefficient (Wildman–Crippen LogP) is 11.3. The molecule has 1 unspecified atom stereocenters. The Hall–Kier alpha value is -4.42. The van der Waals surface area contributed by atoms with Gasteiger partial charge in [-0.25, -0.2) is 6.08 Å². The van der Waals surface area contributed by atoms with Gasteiger partial charge >= 0.3 is 137 Å². The zero-order valence-electron chi connectivity index (χ0n) is 39.8. The van der Waals surface area contributed by atoms with Gasteiger partial charge in [0.05, 0.1) is 0 Å². The molecular weight excluding hydrogens is 973 g/mol. The van der Waals surface area contributed by atoms with E-state index in [0.29, 0.717) is 15.0 Å². The molecule has 7 aromatic carbocycles. The molecule has 0 saturated heterocycles. The number of hydrogen-bond donors (Lipinski definition) is 0. The van der Waals surface area contributed by atoms with Crippen LogP contribution in [-0.4, -0.2) is 3.21 Å². The molecule has 1 aliphatic carbocycles. The number of halogens is 8. The zero-order valence-corrected chi connectivity index (χ0v) is 43.8. The van der Waals surface area contributed by atoms with Gasteiger partial charge < -0.3 is 24.8 Å². The molecule has 0 radical (unpaired) electrons. The Morgan fingerprint density at radius 2 is 0.955 bits per heavy atom. The van der Waals surface area contributed by atoms with E-state index in [4.69, 9.17) is 0 Å². The van der Waals surface area contributed by atoms with Gasteiger partial charge in [-0.05, 0) is 74.9 Å². The summed E-state index contributed by atoms with van der Waals surface area (Å²) in [6.45, 7) is 24.5. The van der Waals surface area contributed by atoms with E-state index in [1.165, 1.54) is 107 Å². The molecule has 0 aliphatic heterocycles. The molecule has 67 heavy (non-hydrogen) atoms. The monoisotopic (exact) mass is 1030 g/mol. The molecule has 0 amide bonds. The quantitative estimate of drug-likeness (QED) is 0.119. The Bertz CT molecular complexity index is 2740. The summed E-state index contributed by atoms with van der Waals surface area (Å²) in [6, 6.07) is 34.6. The van der Waals surface area contributed by atoms with Gasteiger partial charge in [-0.1, -0.05) is 123 Å². The summed E-state index contributed by atoms with van der Waals surface area (Å²) >= 11 is 0.729. The molecule has 1 atom stereocenters. The van der Waals surface area contributed by atoms with E-state index in [0.717, 1.165) is 48.5 Å². The maximum absolute atomic E-state index is 12.7. The molecule has 8 rings (SSSR count). The third-order valence-electron chi connectivity index (χ3n) is 12.0. The molecule has 9 heteroatoms. The average molecular weight is 1030 g/mol. The molecule has 350 valence electrons. The Morgan fingerprint density at radius 3 is 1.27 bits per heavy atom. The minimum Gasteiger partial charge on any atom is -1.00 e. The first kappa shape index (κ1) is 55.2. The van der Waals surface area contributed by atoms with Crippen LogP contribution in [0.15, 0.2) is 133 Å². The molecular formula is C58H56Cl2F6Zr-2. The van der Waals surface area contributed by atoms with Crippen LogP contribution in [0.3, 0.4) is 0 Å². The molecule has 0 fully saturated rings. The number of hydrogen-bond acceptors (Lipinski definition) is 0. The number of benzene rings is 6. The van der Waals surface area contributed by atoms with E-state index in [2.05, 4.69) is 161 Å². The summed E-state index contributed by atoms with van der Waals surface area (Å²) in [5.41, 5.74) is 14.0. The zero-order chi connectivity index (χ0) is 47.8. The minimum atomic E-state index is -4.49. The first-order valence-corrected chi connectivity index (χ1v) is 23.1. The average Bonchev–Trinajstić information content (AvgIpc) is 3.86. The van der Waals surface area contributed by atoms with E-state index in [9.17, 15) is 26.3 Å². The van der Waals surface area contributed by atoms with E-state index in [1.807, 2.05) is 0 Å². The van der Waals surface area contributed by atoms with Gasteiger partial charge in [0.25, 0.3) is 0 Å². The number of fused-ring (bicyclic) bond motifs is 3. The third kappa shape index (κ3) is 13.2. The fourth-order valence-corrected chi connectivity index (χ4v) is 9.56. The van der Waals surface area contributed by atoms with Crippen molar-refractivity contribution in [1.29, 1.82) is 0 Å². The van der Waals surface area contributed by atoms with Crippen LogP contribution in [0.2, 0.25) is 0 Å². The summed E-state index contributed by atoms with van der Waals surface area (Å²) in [6.07, 6.45) is -1.07. The van der Waals surface area contributed by atoms with Crippen LogP contribution in [0.25, 0.3) is 43.8 Å². The van der Waals surface area contributed by atoms with Crippen LogP contribution in [-0.2, 0) is 36.6 Å². The summed E-state index contributed by atoms with van der Waals surface area (Å²) in [4.78, 5) is 0. The molecule has 7 aromatic rings. The number of alkyl halides is 6. The van der Waals surface area contributed by atoms with Gasteiger partial charge in [-0.2, -0.15) is 11.6 Å². The van der Waals surface area contributed by atoms with Crippen molar-refractivity contribution in [2.75, 3.05) is 0 Å². The van der Waals surface area contributed by atoms with Crippen LogP contribution in [0.5, 0.6) is 0 Å². The summed E-state index contributed by atoms with van der Waals surface area (Å²) in [5, 5.41) is 5.32. The van der Waals surface area contributed by atoms with E-state index in [-0.39, 0.29) is 41.4 Å². The molecule has 0 bridgehead atoms. The van der Waals surface area contributed by atoms with Gasteiger partial charge in [0.1, 0.15) is 0 Å². The molecule has 0 nitrogen and oxygen atoms in total. The Balaban J connectivity index is 0.000000238. The van der Waals surface area contributed by atoms with Gasteiger partial charge in [0, 0.05) is 0 Å². The van der Waals surface area contributed by atoms with Crippen molar-refractivity contribution < 1.29 is 75.4 Å². The largest absolute Gasteiger partial charge is 1.00 e. The normalized spacial score (nSPS) is 13.6. The van der Waals surface area contributed by atoms with E-state index >= 15 is 0 Å². The Labute approximate surface area is 420 Å². The first-order valence-electron chi connectivity index (χ1n) is 21.9. The van der Waals surface area contributed by atoms with Gasteiger partial charge in [-0.3, -0.25) is 6.08 Å². The number of aryl methyl sites for hydroxylation is 6. The van der Waals surface area contributed by atoms with Gasteiger partial charge in [0.2, 0.25) is 0 Å². The predicted molar refractivity (Wildman–Crippen MR) is 256 cm³/mol. The summed E-state index contributed by atoms with van der Waals surface area (Å²) in [5.74, 6) is 1.22. The molecule has 0 saturated carbocycles. The fraction of sp³-hybridized carbons (Fsp3) is 0.276. The van der Waals surface area contributed by atoms with Crippen molar-refractivity contribution in [1.82, 2.24) is 0 Å². The number of allylic oxidation sites excluding steroid dienone is 4. The molecule has 1 aliphatic rings. The van der Waals surface area contributed by atoms with Crippen LogP contribution in [0.4, 0.5) is 26.3 Å². The van der Waals surface area contributed by atoms with E-state index < -0.39 is 23.5 Å². The van der Waals surface area contributed by atoms with Crippen molar-refractivity contribution in [2.24, 2.45) is 17.3 Å². The topological polar surface area (TPSA) is 0 Å². The second-order valence-electron chi connectivity index (χ2n) is 18.8. The third-order valence-corrected chi connectivity index (χ3v) is 13.4. The van der Waals surface area contributed by atoms with E-state index in [1.54, 1.807) is 0 Å². The standard InChI is InChI=1S/C31H29.C15H8F6.C12H19.2ClH.Zr/c1-18-11-20(3)30(21(4)12-18)24-7-9-28-26(15-24)17-27-16-25(8-10-29(27)28)31-22(5)13-19(2)14-23(31)6;16-14(17,18)12-5-1-3-10(8-12)7-11-4-2-6-13(9-11)15(19,20)21;1-9(2)10-6-7-11(8-10)12(3,4)5;;;/h7-17H,1-6H3;1-6,8-9H;7-10H,1-5H3;2*1H;/q-1;;-1;;;+2/p-2. The van der Waals surface area contributed by atoms with Crippen LogP contribution in [0.1, 0.15) is 90.3 Å².